The van der Waals surface area contributed by atoms with Crippen molar-refractivity contribution in [1.82, 2.24) is 5.32 Å². The molecule has 1 atom stereocenters. The van der Waals surface area contributed by atoms with E-state index >= 15 is 0 Å². The van der Waals surface area contributed by atoms with E-state index in [2.05, 4.69) is 33.0 Å². The molecular weight excluding hydrogens is 198 g/mol. The van der Waals surface area contributed by atoms with E-state index in [0.29, 0.717) is 12.2 Å². The maximum atomic E-state index is 6.10. The van der Waals surface area contributed by atoms with Crippen LogP contribution in [0.5, 0.6) is 0 Å². The van der Waals surface area contributed by atoms with Gasteiger partial charge in [-0.25, -0.2) is 0 Å². The lowest BCUT2D eigenvalue weighted by Gasteiger charge is -2.26. The van der Waals surface area contributed by atoms with Crippen LogP contribution in [0.3, 0.4) is 0 Å². The molecule has 2 heteroatoms. The molecule has 2 nitrogen and oxygen atoms in total. The van der Waals surface area contributed by atoms with Gasteiger partial charge in [-0.2, -0.15) is 0 Å². The van der Waals surface area contributed by atoms with Crippen molar-refractivity contribution in [2.45, 2.75) is 84.0 Å². The standard InChI is InChI=1S/C14H29NO/c1-12(11-15-14(2,3)4)16-13-9-7-5-6-8-10-13/h12-13,15H,5-11H2,1-4H3. The molecule has 96 valence electrons. The molecule has 0 amide bonds. The summed E-state index contributed by atoms with van der Waals surface area (Å²) in [7, 11) is 0. The Bertz CT molecular complexity index is 178. The Hall–Kier alpha value is -0.0800. The number of nitrogens with one attached hydrogen (secondary N) is 1. The molecule has 1 rings (SSSR count). The van der Waals surface area contributed by atoms with Crippen LogP contribution < -0.4 is 5.32 Å². The number of ether oxygens (including phenoxy) is 1. The second-order valence-electron chi connectivity index (χ2n) is 6.19. The summed E-state index contributed by atoms with van der Waals surface area (Å²) < 4.78 is 6.10. The lowest BCUT2D eigenvalue weighted by Crippen LogP contribution is -2.41. The van der Waals surface area contributed by atoms with Crippen molar-refractivity contribution in [2.75, 3.05) is 6.54 Å². The molecule has 0 radical (unpaired) electrons. The summed E-state index contributed by atoms with van der Waals surface area (Å²) in [5, 5.41) is 3.50. The van der Waals surface area contributed by atoms with E-state index in [9.17, 15) is 0 Å². The lowest BCUT2D eigenvalue weighted by molar-refractivity contribution is -0.0111. The molecule has 16 heavy (non-hydrogen) atoms. The lowest BCUT2D eigenvalue weighted by atomic mass is 10.1. The average molecular weight is 227 g/mol. The van der Waals surface area contributed by atoms with Gasteiger partial charge in [-0.15, -0.1) is 0 Å². The fourth-order valence-corrected chi connectivity index (χ4v) is 2.20. The van der Waals surface area contributed by atoms with Crippen molar-refractivity contribution in [3.63, 3.8) is 0 Å². The zero-order chi connectivity index (χ0) is 12.0. The van der Waals surface area contributed by atoms with E-state index in [1.54, 1.807) is 0 Å². The summed E-state index contributed by atoms with van der Waals surface area (Å²) in [6, 6.07) is 0. The zero-order valence-corrected chi connectivity index (χ0v) is 11.5. The summed E-state index contributed by atoms with van der Waals surface area (Å²) in [5.74, 6) is 0. The van der Waals surface area contributed by atoms with Gasteiger partial charge >= 0.3 is 0 Å². The van der Waals surface area contributed by atoms with Crippen LogP contribution in [-0.4, -0.2) is 24.3 Å². The summed E-state index contributed by atoms with van der Waals surface area (Å²) in [4.78, 5) is 0. The molecule has 0 aromatic carbocycles. The molecule has 0 heterocycles. The van der Waals surface area contributed by atoms with Crippen molar-refractivity contribution in [3.8, 4) is 0 Å². The van der Waals surface area contributed by atoms with Crippen molar-refractivity contribution < 1.29 is 4.74 Å². The van der Waals surface area contributed by atoms with E-state index in [1.165, 1.54) is 38.5 Å². The summed E-state index contributed by atoms with van der Waals surface area (Å²) in [6.45, 7) is 9.74. The third kappa shape index (κ3) is 6.49. The minimum atomic E-state index is 0.196. The highest BCUT2D eigenvalue weighted by molar-refractivity contribution is 4.73. The van der Waals surface area contributed by atoms with E-state index in [-0.39, 0.29) is 5.54 Å². The smallest absolute Gasteiger partial charge is 0.0675 e. The molecule has 0 aromatic rings. The van der Waals surface area contributed by atoms with Gasteiger partial charge in [0.1, 0.15) is 0 Å². The van der Waals surface area contributed by atoms with E-state index in [4.69, 9.17) is 4.74 Å². The minimum Gasteiger partial charge on any atom is -0.374 e. The van der Waals surface area contributed by atoms with Gasteiger partial charge in [0.2, 0.25) is 0 Å². The molecule has 1 fully saturated rings. The Kier molecular flexibility index (Phi) is 5.77. The normalized spacial score (nSPS) is 21.8. The van der Waals surface area contributed by atoms with E-state index in [1.807, 2.05) is 0 Å². The molecule has 0 bridgehead atoms. The molecule has 1 aliphatic carbocycles. The van der Waals surface area contributed by atoms with E-state index in [0.717, 1.165) is 6.54 Å². The fourth-order valence-electron chi connectivity index (χ4n) is 2.20. The Morgan fingerprint density at radius 3 is 2.19 bits per heavy atom. The van der Waals surface area contributed by atoms with Crippen molar-refractivity contribution >= 4 is 0 Å². The van der Waals surface area contributed by atoms with Gasteiger partial charge in [0.25, 0.3) is 0 Å². The number of rotatable bonds is 4. The largest absolute Gasteiger partial charge is 0.374 e. The molecule has 1 saturated carbocycles. The average Bonchev–Trinajstić information content (AvgIpc) is 2.42. The minimum absolute atomic E-state index is 0.196. The first-order valence-electron chi connectivity index (χ1n) is 6.88. The van der Waals surface area contributed by atoms with Crippen LogP contribution in [0.15, 0.2) is 0 Å². The van der Waals surface area contributed by atoms with Crippen LogP contribution in [0.2, 0.25) is 0 Å². The third-order valence-electron chi connectivity index (χ3n) is 3.15. The highest BCUT2D eigenvalue weighted by Gasteiger charge is 2.17. The first-order chi connectivity index (χ1) is 7.47. The van der Waals surface area contributed by atoms with Crippen LogP contribution in [0.4, 0.5) is 0 Å². The number of hydrogen-bond acceptors (Lipinski definition) is 2. The fraction of sp³-hybridized carbons (Fsp3) is 1.00. The third-order valence-corrected chi connectivity index (χ3v) is 3.15. The quantitative estimate of drug-likeness (QED) is 0.742. The molecule has 0 saturated heterocycles. The molecule has 1 N–H and O–H groups in total. The predicted molar refractivity (Wildman–Crippen MR) is 69.8 cm³/mol. The van der Waals surface area contributed by atoms with Gasteiger partial charge < -0.3 is 10.1 Å². The van der Waals surface area contributed by atoms with Crippen LogP contribution in [-0.2, 0) is 4.74 Å². The van der Waals surface area contributed by atoms with Crippen LogP contribution in [0, 0.1) is 0 Å². The zero-order valence-electron chi connectivity index (χ0n) is 11.5. The molecular formula is C14H29NO. The van der Waals surface area contributed by atoms with Gasteiger partial charge in [0.15, 0.2) is 0 Å². The molecule has 1 aliphatic rings. The monoisotopic (exact) mass is 227 g/mol. The van der Waals surface area contributed by atoms with Gasteiger partial charge in [-0.3, -0.25) is 0 Å². The predicted octanol–water partition coefficient (Wildman–Crippen LogP) is 3.50. The number of hydrogen-bond donors (Lipinski definition) is 1. The maximum Gasteiger partial charge on any atom is 0.0675 e. The van der Waals surface area contributed by atoms with Crippen molar-refractivity contribution in [1.29, 1.82) is 0 Å². The molecule has 1 unspecified atom stereocenters. The summed E-state index contributed by atoms with van der Waals surface area (Å²) in [5.41, 5.74) is 0.196. The van der Waals surface area contributed by atoms with Crippen LogP contribution in [0.25, 0.3) is 0 Å². The highest BCUT2D eigenvalue weighted by atomic mass is 16.5. The summed E-state index contributed by atoms with van der Waals surface area (Å²) >= 11 is 0. The Balaban J connectivity index is 2.19. The Morgan fingerprint density at radius 2 is 1.69 bits per heavy atom. The second-order valence-corrected chi connectivity index (χ2v) is 6.19. The van der Waals surface area contributed by atoms with Crippen LogP contribution >= 0.6 is 0 Å². The molecule has 0 aromatic heterocycles. The van der Waals surface area contributed by atoms with Gasteiger partial charge in [0, 0.05) is 12.1 Å². The van der Waals surface area contributed by atoms with Crippen molar-refractivity contribution in [2.24, 2.45) is 0 Å². The SMILES string of the molecule is CC(CNC(C)(C)C)OC1CCCCCC1. The topological polar surface area (TPSA) is 21.3 Å². The maximum absolute atomic E-state index is 6.10. The highest BCUT2D eigenvalue weighted by Crippen LogP contribution is 2.20. The Morgan fingerprint density at radius 1 is 1.12 bits per heavy atom. The Labute approximate surface area is 101 Å². The molecule has 0 aliphatic heterocycles. The van der Waals surface area contributed by atoms with Gasteiger partial charge in [-0.1, -0.05) is 25.7 Å². The van der Waals surface area contributed by atoms with Crippen molar-refractivity contribution in [3.05, 3.63) is 0 Å². The molecule has 0 spiro atoms. The van der Waals surface area contributed by atoms with E-state index < -0.39 is 0 Å². The first-order valence-corrected chi connectivity index (χ1v) is 6.88. The summed E-state index contributed by atoms with van der Waals surface area (Å²) in [6.07, 6.45) is 8.87. The second kappa shape index (κ2) is 6.61. The van der Waals surface area contributed by atoms with Gasteiger partial charge in [-0.05, 0) is 40.5 Å². The first kappa shape index (κ1) is 14.0. The van der Waals surface area contributed by atoms with Crippen LogP contribution in [0.1, 0.15) is 66.2 Å². The van der Waals surface area contributed by atoms with Gasteiger partial charge in [0.05, 0.1) is 12.2 Å².